The molecule has 4 heteroatoms. The van der Waals surface area contributed by atoms with E-state index < -0.39 is 16.8 Å². The fourth-order valence-corrected chi connectivity index (χ4v) is 1.59. The topological polar surface area (TPSA) is 58.9 Å². The van der Waals surface area contributed by atoms with Crippen molar-refractivity contribution in [2.75, 3.05) is 13.4 Å². The van der Waals surface area contributed by atoms with Crippen LogP contribution in [-0.2, 0) is 9.47 Å². The van der Waals surface area contributed by atoms with Crippen molar-refractivity contribution in [1.29, 1.82) is 0 Å². The molecule has 1 aliphatic heterocycles. The van der Waals surface area contributed by atoms with Crippen LogP contribution in [0.5, 0.6) is 0 Å². The average Bonchev–Trinajstić information content (AvgIpc) is 2.29. The molecule has 0 spiro atoms. The Morgan fingerprint density at radius 2 is 1.85 bits per heavy atom. The zero-order chi connectivity index (χ0) is 10.3. The minimum atomic E-state index is -1.05. The largest absolute Gasteiger partial charge is 0.393 e. The van der Waals surface area contributed by atoms with Crippen LogP contribution in [0.2, 0.25) is 0 Å². The van der Waals surface area contributed by atoms with Crippen LogP contribution >= 0.6 is 0 Å². The van der Waals surface area contributed by atoms with Gasteiger partial charge in [-0.15, -0.1) is 0 Å². The quantitative estimate of drug-likeness (QED) is 0.656. The summed E-state index contributed by atoms with van der Waals surface area (Å²) in [4.78, 5) is 0. The van der Waals surface area contributed by atoms with Crippen molar-refractivity contribution in [3.8, 4) is 0 Å². The predicted octanol–water partition coefficient (Wildman–Crippen LogP) is 0.271. The summed E-state index contributed by atoms with van der Waals surface area (Å²) in [7, 11) is 0. The summed E-state index contributed by atoms with van der Waals surface area (Å²) in [5.74, 6) is 0. The van der Waals surface area contributed by atoms with E-state index in [1.165, 1.54) is 0 Å². The molecule has 2 N–H and O–H groups in total. The van der Waals surface area contributed by atoms with E-state index in [0.717, 1.165) is 0 Å². The van der Waals surface area contributed by atoms with Gasteiger partial charge in [0, 0.05) is 0 Å². The summed E-state index contributed by atoms with van der Waals surface area (Å²) in [6, 6.07) is 0. The summed E-state index contributed by atoms with van der Waals surface area (Å²) >= 11 is 0. The van der Waals surface area contributed by atoms with Crippen LogP contribution in [0.3, 0.4) is 0 Å². The van der Waals surface area contributed by atoms with Crippen molar-refractivity contribution in [2.45, 2.75) is 44.5 Å². The van der Waals surface area contributed by atoms with E-state index in [4.69, 9.17) is 9.47 Å². The van der Waals surface area contributed by atoms with Crippen LogP contribution in [0.4, 0.5) is 0 Å². The van der Waals surface area contributed by atoms with Crippen molar-refractivity contribution < 1.29 is 19.7 Å². The summed E-state index contributed by atoms with van der Waals surface area (Å²) in [5.41, 5.74) is -2.78. The molecule has 4 nitrogen and oxygen atoms in total. The third kappa shape index (κ3) is 1.38. The molecular weight excluding hydrogens is 172 g/mol. The first kappa shape index (κ1) is 10.9. The van der Waals surface area contributed by atoms with Gasteiger partial charge in [0.2, 0.25) is 0 Å². The normalized spacial score (nSPS) is 41.1. The number of ether oxygens (including phenoxy) is 2. The molecule has 1 fully saturated rings. The van der Waals surface area contributed by atoms with E-state index in [1.807, 2.05) is 0 Å². The van der Waals surface area contributed by atoms with Gasteiger partial charge in [0.25, 0.3) is 0 Å². The number of aliphatic hydroxyl groups is 2. The Balaban J connectivity index is 3.01. The highest BCUT2D eigenvalue weighted by Crippen LogP contribution is 2.42. The maximum absolute atomic E-state index is 9.93. The molecule has 1 aliphatic rings. The molecule has 0 aromatic heterocycles. The second-order valence-corrected chi connectivity index (χ2v) is 4.39. The molecule has 2 atom stereocenters. The average molecular weight is 190 g/mol. The molecule has 0 aliphatic carbocycles. The minimum absolute atomic E-state index is 0.109. The van der Waals surface area contributed by atoms with Crippen molar-refractivity contribution >= 4 is 0 Å². The fourth-order valence-electron chi connectivity index (χ4n) is 1.59. The molecule has 1 heterocycles. The van der Waals surface area contributed by atoms with Crippen LogP contribution in [0.15, 0.2) is 0 Å². The molecule has 78 valence electrons. The zero-order valence-corrected chi connectivity index (χ0v) is 8.63. The van der Waals surface area contributed by atoms with Crippen molar-refractivity contribution in [1.82, 2.24) is 0 Å². The van der Waals surface area contributed by atoms with Gasteiger partial charge in [-0.1, -0.05) is 0 Å². The molecule has 1 saturated heterocycles. The Bertz CT molecular complexity index is 198. The van der Waals surface area contributed by atoms with Crippen LogP contribution in [0, 0.1) is 0 Å². The molecule has 0 aromatic carbocycles. The minimum Gasteiger partial charge on any atom is -0.393 e. The maximum atomic E-state index is 9.93. The standard InChI is InChI=1S/C9H18O4/c1-7(2,11)9(4)8(3,5-10)12-6-13-9/h10-11H,5-6H2,1-4H3. The van der Waals surface area contributed by atoms with Gasteiger partial charge < -0.3 is 19.7 Å². The third-order valence-corrected chi connectivity index (χ3v) is 3.20. The van der Waals surface area contributed by atoms with Crippen molar-refractivity contribution in [2.24, 2.45) is 0 Å². The fraction of sp³-hybridized carbons (Fsp3) is 1.00. The first-order valence-electron chi connectivity index (χ1n) is 4.38. The number of hydrogen-bond donors (Lipinski definition) is 2. The summed E-state index contributed by atoms with van der Waals surface area (Å²) < 4.78 is 10.7. The van der Waals surface area contributed by atoms with Gasteiger partial charge in [-0.2, -0.15) is 0 Å². The molecule has 2 unspecified atom stereocenters. The Morgan fingerprint density at radius 1 is 1.31 bits per heavy atom. The smallest absolute Gasteiger partial charge is 0.148 e. The van der Waals surface area contributed by atoms with E-state index in [1.54, 1.807) is 27.7 Å². The Morgan fingerprint density at radius 3 is 2.15 bits per heavy atom. The second-order valence-electron chi connectivity index (χ2n) is 4.39. The van der Waals surface area contributed by atoms with Gasteiger partial charge in [0.1, 0.15) is 18.0 Å². The van der Waals surface area contributed by atoms with Gasteiger partial charge >= 0.3 is 0 Å². The molecule has 0 aromatic rings. The van der Waals surface area contributed by atoms with Crippen LogP contribution in [0.25, 0.3) is 0 Å². The first-order valence-corrected chi connectivity index (χ1v) is 4.38. The summed E-state index contributed by atoms with van der Waals surface area (Å²) in [5, 5.41) is 19.1. The first-order chi connectivity index (χ1) is 5.77. The molecule has 0 amide bonds. The highest BCUT2D eigenvalue weighted by atomic mass is 16.7. The van der Waals surface area contributed by atoms with Crippen molar-refractivity contribution in [3.05, 3.63) is 0 Å². The maximum Gasteiger partial charge on any atom is 0.148 e. The van der Waals surface area contributed by atoms with Gasteiger partial charge in [-0.3, -0.25) is 0 Å². The number of aliphatic hydroxyl groups excluding tert-OH is 1. The van der Waals surface area contributed by atoms with Gasteiger partial charge in [-0.05, 0) is 27.7 Å². The lowest BCUT2D eigenvalue weighted by Crippen LogP contribution is -2.62. The molecule has 13 heavy (non-hydrogen) atoms. The van der Waals surface area contributed by atoms with E-state index >= 15 is 0 Å². The zero-order valence-electron chi connectivity index (χ0n) is 8.63. The third-order valence-electron chi connectivity index (χ3n) is 3.20. The number of hydrogen-bond acceptors (Lipinski definition) is 4. The Kier molecular flexibility index (Phi) is 2.45. The van der Waals surface area contributed by atoms with E-state index in [2.05, 4.69) is 0 Å². The molecule has 0 bridgehead atoms. The predicted molar refractivity (Wildman–Crippen MR) is 47.2 cm³/mol. The van der Waals surface area contributed by atoms with Gasteiger partial charge in [-0.25, -0.2) is 0 Å². The van der Waals surface area contributed by atoms with Gasteiger partial charge in [0.05, 0.1) is 12.2 Å². The Hall–Kier alpha value is -0.160. The van der Waals surface area contributed by atoms with Crippen LogP contribution < -0.4 is 0 Å². The summed E-state index contributed by atoms with van der Waals surface area (Å²) in [6.07, 6.45) is 0. The molecule has 1 rings (SSSR count). The van der Waals surface area contributed by atoms with E-state index in [0.29, 0.717) is 0 Å². The lowest BCUT2D eigenvalue weighted by Gasteiger charge is -2.44. The van der Waals surface area contributed by atoms with Crippen molar-refractivity contribution in [3.63, 3.8) is 0 Å². The number of rotatable bonds is 2. The second kappa shape index (κ2) is 2.92. The summed E-state index contributed by atoms with van der Waals surface area (Å²) in [6.45, 7) is 6.71. The molecule has 0 saturated carbocycles. The Labute approximate surface area is 78.5 Å². The molecule has 0 radical (unpaired) electrons. The SMILES string of the molecule is CC(C)(O)C1(C)OCOC1(C)CO. The van der Waals surface area contributed by atoms with E-state index in [9.17, 15) is 10.2 Å². The highest BCUT2D eigenvalue weighted by Gasteiger charge is 2.59. The van der Waals surface area contributed by atoms with Gasteiger partial charge in [0.15, 0.2) is 0 Å². The lowest BCUT2D eigenvalue weighted by atomic mass is 9.75. The van der Waals surface area contributed by atoms with Crippen LogP contribution in [0.1, 0.15) is 27.7 Å². The highest BCUT2D eigenvalue weighted by molar-refractivity contribution is 5.07. The lowest BCUT2D eigenvalue weighted by molar-refractivity contribution is -0.167. The molecular formula is C9H18O4. The van der Waals surface area contributed by atoms with E-state index in [-0.39, 0.29) is 13.4 Å². The van der Waals surface area contributed by atoms with Crippen LogP contribution in [-0.4, -0.2) is 40.4 Å². The monoisotopic (exact) mass is 190 g/mol.